The highest BCUT2D eigenvalue weighted by Gasteiger charge is 2.16. The van der Waals surface area contributed by atoms with Gasteiger partial charge in [0.25, 0.3) is 0 Å². The maximum Gasteiger partial charge on any atom is 0.231 e. The standard InChI is InChI=1S/C14H9ClFNO2/c15-9-2-1-3-10(16)13(9)14-17-11-5-4-8(7-18)6-12(11)19-14/h1-6,18H,7H2. The minimum atomic E-state index is -0.485. The van der Waals surface area contributed by atoms with Crippen LogP contribution in [0.25, 0.3) is 22.6 Å². The van der Waals surface area contributed by atoms with Crippen LogP contribution in [0.4, 0.5) is 4.39 Å². The van der Waals surface area contributed by atoms with Gasteiger partial charge in [-0.05, 0) is 29.8 Å². The molecule has 0 unspecified atom stereocenters. The first-order chi connectivity index (χ1) is 9.19. The zero-order valence-electron chi connectivity index (χ0n) is 9.73. The van der Waals surface area contributed by atoms with Gasteiger partial charge in [0.05, 0.1) is 17.2 Å². The van der Waals surface area contributed by atoms with Crippen LogP contribution >= 0.6 is 11.6 Å². The SMILES string of the molecule is OCc1ccc2nc(-c3c(F)cccc3Cl)oc2c1. The summed E-state index contributed by atoms with van der Waals surface area (Å²) in [5.41, 5.74) is 1.92. The van der Waals surface area contributed by atoms with Crippen molar-refractivity contribution in [3.05, 3.63) is 52.8 Å². The van der Waals surface area contributed by atoms with E-state index >= 15 is 0 Å². The lowest BCUT2D eigenvalue weighted by atomic mass is 10.2. The van der Waals surface area contributed by atoms with Gasteiger partial charge in [0.1, 0.15) is 11.3 Å². The number of nitrogens with zero attached hydrogens (tertiary/aromatic N) is 1. The first-order valence-electron chi connectivity index (χ1n) is 5.64. The van der Waals surface area contributed by atoms with Gasteiger partial charge in [-0.1, -0.05) is 23.7 Å². The van der Waals surface area contributed by atoms with E-state index in [0.717, 1.165) is 0 Å². The zero-order valence-corrected chi connectivity index (χ0v) is 10.5. The summed E-state index contributed by atoms with van der Waals surface area (Å²) in [6, 6.07) is 9.51. The molecule has 1 N–H and O–H groups in total. The van der Waals surface area contributed by atoms with Gasteiger partial charge in [0, 0.05) is 0 Å². The molecule has 0 fully saturated rings. The zero-order chi connectivity index (χ0) is 13.4. The van der Waals surface area contributed by atoms with Gasteiger partial charge < -0.3 is 9.52 Å². The largest absolute Gasteiger partial charge is 0.436 e. The molecule has 3 nitrogen and oxygen atoms in total. The maximum atomic E-state index is 13.8. The van der Waals surface area contributed by atoms with Crippen LogP contribution in [-0.2, 0) is 6.61 Å². The summed E-state index contributed by atoms with van der Waals surface area (Å²) in [5, 5.41) is 9.31. The number of benzene rings is 2. The van der Waals surface area contributed by atoms with Crippen LogP contribution in [0.5, 0.6) is 0 Å². The second-order valence-corrected chi connectivity index (χ2v) is 4.48. The van der Waals surface area contributed by atoms with Crippen molar-refractivity contribution < 1.29 is 13.9 Å². The van der Waals surface area contributed by atoms with Crippen LogP contribution in [0, 0.1) is 5.82 Å². The van der Waals surface area contributed by atoms with Crippen LogP contribution in [-0.4, -0.2) is 10.1 Å². The number of aliphatic hydroxyl groups is 1. The first kappa shape index (κ1) is 12.1. The fourth-order valence-electron chi connectivity index (χ4n) is 1.88. The molecule has 0 atom stereocenters. The molecule has 0 aliphatic carbocycles. The van der Waals surface area contributed by atoms with Crippen molar-refractivity contribution in [2.75, 3.05) is 0 Å². The molecule has 3 rings (SSSR count). The normalized spacial score (nSPS) is 11.1. The Morgan fingerprint density at radius 1 is 1.26 bits per heavy atom. The van der Waals surface area contributed by atoms with Crippen LogP contribution in [0.15, 0.2) is 40.8 Å². The van der Waals surface area contributed by atoms with Gasteiger partial charge in [0.15, 0.2) is 5.58 Å². The lowest BCUT2D eigenvalue weighted by Crippen LogP contribution is -1.85. The fourth-order valence-corrected chi connectivity index (χ4v) is 2.12. The smallest absolute Gasteiger partial charge is 0.231 e. The Hall–Kier alpha value is -1.91. The molecular formula is C14H9ClFNO2. The third-order valence-electron chi connectivity index (χ3n) is 2.81. The van der Waals surface area contributed by atoms with E-state index in [2.05, 4.69) is 4.98 Å². The molecule has 0 saturated heterocycles. The molecule has 0 saturated carbocycles. The third-order valence-corrected chi connectivity index (χ3v) is 3.13. The van der Waals surface area contributed by atoms with Gasteiger partial charge in [-0.3, -0.25) is 0 Å². The van der Waals surface area contributed by atoms with Crippen molar-refractivity contribution in [2.24, 2.45) is 0 Å². The summed E-state index contributed by atoms with van der Waals surface area (Å²) in [6.07, 6.45) is 0. The van der Waals surface area contributed by atoms with Gasteiger partial charge in [-0.2, -0.15) is 0 Å². The van der Waals surface area contributed by atoms with Gasteiger partial charge in [0.2, 0.25) is 5.89 Å². The Bertz CT molecular complexity index is 734. The van der Waals surface area contributed by atoms with E-state index in [-0.39, 0.29) is 23.1 Å². The average Bonchev–Trinajstić information content (AvgIpc) is 2.80. The van der Waals surface area contributed by atoms with E-state index in [9.17, 15) is 4.39 Å². The van der Waals surface area contributed by atoms with Gasteiger partial charge in [-0.25, -0.2) is 9.37 Å². The predicted octanol–water partition coefficient (Wildman–Crippen LogP) is 3.78. The molecule has 0 radical (unpaired) electrons. The molecule has 0 bridgehead atoms. The second kappa shape index (κ2) is 4.64. The Morgan fingerprint density at radius 3 is 2.84 bits per heavy atom. The minimum Gasteiger partial charge on any atom is -0.436 e. The van der Waals surface area contributed by atoms with Crippen molar-refractivity contribution in [1.82, 2.24) is 4.98 Å². The number of halogens is 2. The molecule has 19 heavy (non-hydrogen) atoms. The molecule has 0 amide bonds. The first-order valence-corrected chi connectivity index (χ1v) is 6.01. The van der Waals surface area contributed by atoms with Crippen molar-refractivity contribution in [3.8, 4) is 11.5 Å². The van der Waals surface area contributed by atoms with E-state index in [0.29, 0.717) is 16.7 Å². The van der Waals surface area contributed by atoms with Crippen LogP contribution in [0.1, 0.15) is 5.56 Å². The Labute approximate surface area is 113 Å². The highest BCUT2D eigenvalue weighted by Crippen LogP contribution is 2.32. The van der Waals surface area contributed by atoms with Crippen LogP contribution in [0.3, 0.4) is 0 Å². The van der Waals surface area contributed by atoms with E-state index < -0.39 is 5.82 Å². The molecule has 0 aliphatic heterocycles. The number of hydrogen-bond donors (Lipinski definition) is 1. The predicted molar refractivity (Wildman–Crippen MR) is 70.3 cm³/mol. The number of aliphatic hydroxyl groups excluding tert-OH is 1. The summed E-state index contributed by atoms with van der Waals surface area (Å²) in [7, 11) is 0. The monoisotopic (exact) mass is 277 g/mol. The highest BCUT2D eigenvalue weighted by atomic mass is 35.5. The fraction of sp³-hybridized carbons (Fsp3) is 0.0714. The quantitative estimate of drug-likeness (QED) is 0.775. The maximum absolute atomic E-state index is 13.8. The molecule has 3 aromatic rings. The van der Waals surface area contributed by atoms with Crippen LogP contribution in [0.2, 0.25) is 5.02 Å². The highest BCUT2D eigenvalue weighted by molar-refractivity contribution is 6.33. The van der Waals surface area contributed by atoms with Crippen molar-refractivity contribution in [2.45, 2.75) is 6.61 Å². The van der Waals surface area contributed by atoms with Crippen molar-refractivity contribution in [1.29, 1.82) is 0 Å². The number of aromatic nitrogens is 1. The van der Waals surface area contributed by atoms with Crippen molar-refractivity contribution >= 4 is 22.7 Å². The van der Waals surface area contributed by atoms with Crippen LogP contribution < -0.4 is 0 Å². The summed E-state index contributed by atoms with van der Waals surface area (Å²) in [6.45, 7) is -0.0908. The number of oxazole rings is 1. The lowest BCUT2D eigenvalue weighted by Gasteiger charge is -1.99. The summed E-state index contributed by atoms with van der Waals surface area (Å²) >= 11 is 5.97. The molecular weight excluding hydrogens is 269 g/mol. The number of fused-ring (bicyclic) bond motifs is 1. The average molecular weight is 278 g/mol. The minimum absolute atomic E-state index is 0.0908. The third kappa shape index (κ3) is 2.09. The summed E-state index contributed by atoms with van der Waals surface area (Å²) in [5.74, 6) is -0.352. The Kier molecular flexibility index (Phi) is 2.97. The molecule has 0 spiro atoms. The van der Waals surface area contributed by atoms with E-state index in [1.807, 2.05) is 0 Å². The Balaban J connectivity index is 2.21. The van der Waals surface area contributed by atoms with E-state index in [4.69, 9.17) is 21.1 Å². The van der Waals surface area contributed by atoms with Gasteiger partial charge in [-0.15, -0.1) is 0 Å². The summed E-state index contributed by atoms with van der Waals surface area (Å²) < 4.78 is 19.3. The molecule has 2 aromatic carbocycles. The topological polar surface area (TPSA) is 46.3 Å². The molecule has 1 aromatic heterocycles. The molecule has 5 heteroatoms. The summed E-state index contributed by atoms with van der Waals surface area (Å²) in [4.78, 5) is 4.21. The van der Waals surface area contributed by atoms with E-state index in [1.165, 1.54) is 12.1 Å². The molecule has 96 valence electrons. The lowest BCUT2D eigenvalue weighted by molar-refractivity contribution is 0.282. The number of rotatable bonds is 2. The van der Waals surface area contributed by atoms with Crippen molar-refractivity contribution in [3.63, 3.8) is 0 Å². The Morgan fingerprint density at radius 2 is 2.11 bits per heavy atom. The number of hydrogen-bond acceptors (Lipinski definition) is 3. The van der Waals surface area contributed by atoms with E-state index in [1.54, 1.807) is 24.3 Å². The molecule has 0 aliphatic rings. The van der Waals surface area contributed by atoms with Gasteiger partial charge >= 0.3 is 0 Å². The molecule has 1 heterocycles. The second-order valence-electron chi connectivity index (χ2n) is 4.08.